The summed E-state index contributed by atoms with van der Waals surface area (Å²) >= 11 is 0. The molecule has 6 heteroatoms. The SMILES string of the molecule is CCCCCCCC[C@@H]1C(=O)C(=O)[C@@H](C(=O)C(=O)OCC)C1=O. The molecule has 1 saturated carbocycles. The van der Waals surface area contributed by atoms with Gasteiger partial charge in [-0.3, -0.25) is 19.2 Å². The summed E-state index contributed by atoms with van der Waals surface area (Å²) in [6, 6.07) is 0. The van der Waals surface area contributed by atoms with Crippen molar-refractivity contribution in [1.29, 1.82) is 0 Å². The lowest BCUT2D eigenvalue weighted by atomic mass is 9.94. The number of unbranched alkanes of at least 4 members (excludes halogenated alkanes) is 5. The third-order valence-electron chi connectivity index (χ3n) is 4.03. The molecule has 0 N–H and O–H groups in total. The van der Waals surface area contributed by atoms with E-state index in [1.54, 1.807) is 0 Å². The zero-order chi connectivity index (χ0) is 17.4. The summed E-state index contributed by atoms with van der Waals surface area (Å²) in [5.74, 6) is -7.96. The standard InChI is InChI=1S/C17H24O6/c1-3-5-6-7-8-9-10-11-13(18)12(15(20)14(11)19)16(21)17(22)23-4-2/h11-12H,3-10H2,1-2H3/t11-,12-/m0/s1. The number of Topliss-reactive ketones (excluding diaryl/α,β-unsaturated/α-hetero) is 4. The van der Waals surface area contributed by atoms with E-state index >= 15 is 0 Å². The molecule has 1 fully saturated rings. The van der Waals surface area contributed by atoms with Gasteiger partial charge in [-0.15, -0.1) is 0 Å². The maximum Gasteiger partial charge on any atom is 0.375 e. The lowest BCUT2D eigenvalue weighted by molar-refractivity contribution is -0.157. The van der Waals surface area contributed by atoms with Crippen LogP contribution in [0.4, 0.5) is 0 Å². The minimum Gasteiger partial charge on any atom is -0.460 e. The van der Waals surface area contributed by atoms with Gasteiger partial charge in [0.1, 0.15) is 0 Å². The van der Waals surface area contributed by atoms with E-state index in [0.717, 1.165) is 32.1 Å². The van der Waals surface area contributed by atoms with Crippen LogP contribution in [0.25, 0.3) is 0 Å². The average molecular weight is 324 g/mol. The van der Waals surface area contributed by atoms with Gasteiger partial charge in [-0.1, -0.05) is 45.4 Å². The van der Waals surface area contributed by atoms with Crippen molar-refractivity contribution in [2.75, 3.05) is 6.61 Å². The van der Waals surface area contributed by atoms with Gasteiger partial charge in [0.2, 0.25) is 11.6 Å². The van der Waals surface area contributed by atoms with Crippen molar-refractivity contribution < 1.29 is 28.7 Å². The summed E-state index contributed by atoms with van der Waals surface area (Å²) in [6.07, 6.45) is 6.19. The van der Waals surface area contributed by atoms with E-state index < -0.39 is 40.9 Å². The topological polar surface area (TPSA) is 94.6 Å². The molecule has 0 bridgehead atoms. The summed E-state index contributed by atoms with van der Waals surface area (Å²) < 4.78 is 4.52. The molecule has 0 radical (unpaired) electrons. The second-order valence-corrected chi connectivity index (χ2v) is 5.76. The molecular weight excluding hydrogens is 300 g/mol. The molecular formula is C17H24O6. The molecule has 0 aromatic rings. The summed E-state index contributed by atoms with van der Waals surface area (Å²) in [5, 5.41) is 0. The fraction of sp³-hybridized carbons (Fsp3) is 0.706. The lowest BCUT2D eigenvalue weighted by Gasteiger charge is -2.07. The predicted octanol–water partition coefficient (Wildman–Crippen LogP) is 1.82. The van der Waals surface area contributed by atoms with Crippen LogP contribution < -0.4 is 0 Å². The van der Waals surface area contributed by atoms with Gasteiger partial charge in [0.25, 0.3) is 5.78 Å². The molecule has 1 rings (SSSR count). The summed E-state index contributed by atoms with van der Waals surface area (Å²) in [5.41, 5.74) is 0. The third-order valence-corrected chi connectivity index (χ3v) is 4.03. The van der Waals surface area contributed by atoms with Crippen LogP contribution in [-0.4, -0.2) is 35.7 Å². The predicted molar refractivity (Wildman–Crippen MR) is 81.6 cm³/mol. The van der Waals surface area contributed by atoms with E-state index in [2.05, 4.69) is 11.7 Å². The van der Waals surface area contributed by atoms with Gasteiger partial charge >= 0.3 is 5.97 Å². The molecule has 2 atom stereocenters. The van der Waals surface area contributed by atoms with Crippen LogP contribution in [0.2, 0.25) is 0 Å². The molecule has 0 unspecified atom stereocenters. The van der Waals surface area contributed by atoms with Crippen molar-refractivity contribution in [2.24, 2.45) is 11.8 Å². The molecule has 1 aliphatic rings. The Balaban J connectivity index is 2.59. The van der Waals surface area contributed by atoms with Crippen LogP contribution in [0.3, 0.4) is 0 Å². The van der Waals surface area contributed by atoms with E-state index in [9.17, 15) is 24.0 Å². The first-order valence-electron chi connectivity index (χ1n) is 8.28. The molecule has 6 nitrogen and oxygen atoms in total. The van der Waals surface area contributed by atoms with E-state index in [0.29, 0.717) is 6.42 Å². The van der Waals surface area contributed by atoms with E-state index in [1.165, 1.54) is 6.92 Å². The van der Waals surface area contributed by atoms with E-state index in [4.69, 9.17) is 0 Å². The summed E-state index contributed by atoms with van der Waals surface area (Å²) in [7, 11) is 0. The van der Waals surface area contributed by atoms with Gasteiger partial charge in [-0.2, -0.15) is 0 Å². The fourth-order valence-corrected chi connectivity index (χ4v) is 2.74. The molecule has 0 aromatic heterocycles. The molecule has 0 spiro atoms. The van der Waals surface area contributed by atoms with Crippen molar-refractivity contribution in [3.63, 3.8) is 0 Å². The van der Waals surface area contributed by atoms with Gasteiger partial charge < -0.3 is 4.74 Å². The second-order valence-electron chi connectivity index (χ2n) is 5.76. The minimum absolute atomic E-state index is 0.0329. The molecule has 1 aliphatic carbocycles. The number of hydrogen-bond acceptors (Lipinski definition) is 6. The number of hydrogen-bond donors (Lipinski definition) is 0. The molecule has 0 amide bonds. The minimum atomic E-state index is -1.79. The van der Waals surface area contributed by atoms with Crippen LogP contribution in [0.15, 0.2) is 0 Å². The second kappa shape index (κ2) is 9.33. The zero-order valence-corrected chi connectivity index (χ0v) is 13.8. The average Bonchev–Trinajstić information content (AvgIpc) is 2.73. The van der Waals surface area contributed by atoms with Crippen LogP contribution >= 0.6 is 0 Å². The number of carbonyl (C=O) groups excluding carboxylic acids is 5. The third kappa shape index (κ3) is 4.81. The highest BCUT2D eigenvalue weighted by Gasteiger charge is 2.53. The van der Waals surface area contributed by atoms with Crippen LogP contribution in [-0.2, 0) is 28.7 Å². The van der Waals surface area contributed by atoms with Crippen molar-refractivity contribution in [2.45, 2.75) is 58.8 Å². The number of rotatable bonds is 10. The molecule has 0 aromatic carbocycles. The van der Waals surface area contributed by atoms with Crippen molar-refractivity contribution in [1.82, 2.24) is 0 Å². The van der Waals surface area contributed by atoms with Gasteiger partial charge in [0.05, 0.1) is 12.5 Å². The highest BCUT2D eigenvalue weighted by atomic mass is 16.5. The Morgan fingerprint density at radius 3 is 2.13 bits per heavy atom. The Kier molecular flexibility index (Phi) is 7.78. The summed E-state index contributed by atoms with van der Waals surface area (Å²) in [6.45, 7) is 3.59. The first kappa shape index (κ1) is 19.2. The Morgan fingerprint density at radius 1 is 0.913 bits per heavy atom. The molecule has 0 aliphatic heterocycles. The molecule has 23 heavy (non-hydrogen) atoms. The van der Waals surface area contributed by atoms with E-state index in [-0.39, 0.29) is 13.0 Å². The van der Waals surface area contributed by atoms with Gasteiger partial charge in [0.15, 0.2) is 11.7 Å². The first-order valence-corrected chi connectivity index (χ1v) is 8.28. The normalized spacial score (nSPS) is 20.9. The quantitative estimate of drug-likeness (QED) is 0.263. The fourth-order valence-electron chi connectivity index (χ4n) is 2.74. The molecule has 0 saturated heterocycles. The highest BCUT2D eigenvalue weighted by molar-refractivity contribution is 6.60. The lowest BCUT2D eigenvalue weighted by Crippen LogP contribution is -2.33. The van der Waals surface area contributed by atoms with Crippen LogP contribution in [0.5, 0.6) is 0 Å². The maximum absolute atomic E-state index is 12.2. The molecule has 128 valence electrons. The summed E-state index contributed by atoms with van der Waals surface area (Å²) in [4.78, 5) is 59.2. The monoisotopic (exact) mass is 324 g/mol. The van der Waals surface area contributed by atoms with E-state index in [1.807, 2.05) is 0 Å². The van der Waals surface area contributed by atoms with Gasteiger partial charge in [-0.25, -0.2) is 4.79 Å². The smallest absolute Gasteiger partial charge is 0.375 e. The zero-order valence-electron chi connectivity index (χ0n) is 13.8. The highest BCUT2D eigenvalue weighted by Crippen LogP contribution is 2.27. The Bertz CT molecular complexity index is 493. The molecule has 0 heterocycles. The first-order chi connectivity index (χ1) is 11.0. The van der Waals surface area contributed by atoms with Crippen molar-refractivity contribution in [3.05, 3.63) is 0 Å². The van der Waals surface area contributed by atoms with Crippen LogP contribution in [0, 0.1) is 11.8 Å². The number of carbonyl (C=O) groups is 5. The van der Waals surface area contributed by atoms with Crippen molar-refractivity contribution in [3.8, 4) is 0 Å². The maximum atomic E-state index is 12.2. The number of ether oxygens (including phenoxy) is 1. The number of esters is 1. The Labute approximate surface area is 135 Å². The Morgan fingerprint density at radius 2 is 1.52 bits per heavy atom. The number of ketones is 4. The largest absolute Gasteiger partial charge is 0.460 e. The Hall–Kier alpha value is -1.85. The van der Waals surface area contributed by atoms with Gasteiger partial charge in [-0.05, 0) is 13.3 Å². The van der Waals surface area contributed by atoms with Gasteiger partial charge in [0, 0.05) is 0 Å². The van der Waals surface area contributed by atoms with Crippen molar-refractivity contribution >= 4 is 29.1 Å². The van der Waals surface area contributed by atoms with Crippen LogP contribution in [0.1, 0.15) is 58.8 Å².